The van der Waals surface area contributed by atoms with Crippen LogP contribution in [0.4, 0.5) is 4.79 Å². The predicted octanol–water partition coefficient (Wildman–Crippen LogP) is 3.96. The van der Waals surface area contributed by atoms with E-state index in [0.29, 0.717) is 29.9 Å². The van der Waals surface area contributed by atoms with E-state index in [-0.39, 0.29) is 31.1 Å². The highest BCUT2D eigenvalue weighted by atomic mass is 16.7. The van der Waals surface area contributed by atoms with Gasteiger partial charge in [0, 0.05) is 12.6 Å². The van der Waals surface area contributed by atoms with Crippen LogP contribution in [0.25, 0.3) is 0 Å². The maximum absolute atomic E-state index is 12.9. The van der Waals surface area contributed by atoms with Crippen LogP contribution in [0.1, 0.15) is 63.2 Å². The summed E-state index contributed by atoms with van der Waals surface area (Å²) < 4.78 is 21.9. The van der Waals surface area contributed by atoms with Crippen LogP contribution in [0.3, 0.4) is 0 Å². The van der Waals surface area contributed by atoms with E-state index >= 15 is 0 Å². The lowest BCUT2D eigenvalue weighted by Crippen LogP contribution is -2.46. The minimum Gasteiger partial charge on any atom is -0.455 e. The number of ether oxygens (including phenoxy) is 4. The van der Waals surface area contributed by atoms with Gasteiger partial charge < -0.3 is 23.8 Å². The first-order valence-electron chi connectivity index (χ1n) is 10.8. The van der Waals surface area contributed by atoms with E-state index in [0.717, 1.165) is 19.3 Å². The third kappa shape index (κ3) is 5.29. The van der Waals surface area contributed by atoms with Gasteiger partial charge in [0.05, 0.1) is 12.0 Å². The highest BCUT2D eigenvalue weighted by molar-refractivity contribution is 6.01. The molecule has 1 amide bonds. The quantitative estimate of drug-likeness (QED) is 0.475. The molecule has 8 heteroatoms. The van der Waals surface area contributed by atoms with Crippen molar-refractivity contribution in [3.8, 4) is 11.5 Å². The molecule has 1 aromatic rings. The number of carbonyl (C=O) groups is 3. The summed E-state index contributed by atoms with van der Waals surface area (Å²) in [5.74, 6) is 0.311. The van der Waals surface area contributed by atoms with Crippen molar-refractivity contribution in [2.75, 3.05) is 20.4 Å². The third-order valence-electron chi connectivity index (χ3n) is 5.92. The van der Waals surface area contributed by atoms with E-state index in [1.807, 2.05) is 0 Å². The molecular weight excluding hydrogens is 402 g/mol. The summed E-state index contributed by atoms with van der Waals surface area (Å²) in [5.41, 5.74) is -0.369. The van der Waals surface area contributed by atoms with Gasteiger partial charge in [-0.2, -0.15) is 0 Å². The highest BCUT2D eigenvalue weighted by Crippen LogP contribution is 2.34. The highest BCUT2D eigenvalue weighted by Gasteiger charge is 2.39. The lowest BCUT2D eigenvalue weighted by atomic mass is 9.85. The third-order valence-corrected chi connectivity index (χ3v) is 5.92. The minimum absolute atomic E-state index is 0.0143. The number of Topliss-reactive ketones (excluding diaryl/α,β-unsaturated/α-hetero) is 1. The van der Waals surface area contributed by atoms with Gasteiger partial charge in [0.1, 0.15) is 12.2 Å². The number of esters is 1. The first-order valence-corrected chi connectivity index (χ1v) is 10.8. The minimum atomic E-state index is -0.791. The van der Waals surface area contributed by atoms with Crippen molar-refractivity contribution < 1.29 is 33.3 Å². The topological polar surface area (TPSA) is 91.4 Å². The molecule has 0 bridgehead atoms. The van der Waals surface area contributed by atoms with E-state index < -0.39 is 17.7 Å². The van der Waals surface area contributed by atoms with Crippen molar-refractivity contribution in [1.29, 1.82) is 0 Å². The normalized spacial score (nSPS) is 17.7. The Morgan fingerprint density at radius 3 is 2.42 bits per heavy atom. The largest absolute Gasteiger partial charge is 0.455 e. The molecule has 170 valence electrons. The molecule has 2 aliphatic rings. The van der Waals surface area contributed by atoms with E-state index in [4.69, 9.17) is 18.9 Å². The van der Waals surface area contributed by atoms with Crippen LogP contribution in [-0.4, -0.2) is 54.8 Å². The summed E-state index contributed by atoms with van der Waals surface area (Å²) in [4.78, 5) is 39.0. The Labute approximate surface area is 182 Å². The van der Waals surface area contributed by atoms with Crippen LogP contribution in [-0.2, 0) is 14.3 Å². The molecule has 31 heavy (non-hydrogen) atoms. The number of fused-ring (bicyclic) bond motifs is 1. The van der Waals surface area contributed by atoms with Gasteiger partial charge in [0.2, 0.25) is 6.79 Å². The molecule has 0 aromatic heterocycles. The van der Waals surface area contributed by atoms with Crippen LogP contribution in [0.2, 0.25) is 0 Å². The second-order valence-electron chi connectivity index (χ2n) is 8.59. The molecule has 0 spiro atoms. The van der Waals surface area contributed by atoms with Crippen molar-refractivity contribution in [3.05, 3.63) is 23.8 Å². The fourth-order valence-corrected chi connectivity index (χ4v) is 3.72. The molecule has 1 unspecified atom stereocenters. The first kappa shape index (κ1) is 22.9. The molecular formula is C23H31NO7. The number of hydrogen-bond donors (Lipinski definition) is 0. The lowest BCUT2D eigenvalue weighted by Gasteiger charge is -2.37. The maximum Gasteiger partial charge on any atom is 0.410 e. The zero-order valence-electron chi connectivity index (χ0n) is 18.6. The Balaban J connectivity index is 1.61. The average molecular weight is 434 g/mol. The van der Waals surface area contributed by atoms with Gasteiger partial charge in [-0.25, -0.2) is 4.79 Å². The van der Waals surface area contributed by atoms with Gasteiger partial charge in [0.15, 0.2) is 17.3 Å². The monoisotopic (exact) mass is 433 g/mol. The molecule has 1 saturated carbocycles. The SMILES string of the molecule is CC(C)C(=O)OC1(COC(=O)N(C)C(C)C(=O)c2ccc3c(c2)OCO3)CCCCC1. The van der Waals surface area contributed by atoms with Gasteiger partial charge >= 0.3 is 12.1 Å². The molecule has 1 fully saturated rings. The summed E-state index contributed by atoms with van der Waals surface area (Å²) in [6, 6.07) is 4.20. The maximum atomic E-state index is 12.9. The summed E-state index contributed by atoms with van der Waals surface area (Å²) in [7, 11) is 1.52. The van der Waals surface area contributed by atoms with Gasteiger partial charge in [-0.3, -0.25) is 9.59 Å². The van der Waals surface area contributed by atoms with E-state index in [1.165, 1.54) is 11.9 Å². The Hall–Kier alpha value is -2.77. The van der Waals surface area contributed by atoms with E-state index in [2.05, 4.69) is 0 Å². The Morgan fingerprint density at radius 2 is 1.74 bits per heavy atom. The Morgan fingerprint density at radius 1 is 1.06 bits per heavy atom. The molecule has 1 atom stereocenters. The molecule has 0 N–H and O–H groups in total. The summed E-state index contributed by atoms with van der Waals surface area (Å²) in [6.07, 6.45) is 3.58. The number of rotatable bonds is 7. The zero-order valence-corrected chi connectivity index (χ0v) is 18.6. The smallest absolute Gasteiger partial charge is 0.410 e. The molecule has 1 aromatic carbocycles. The number of nitrogens with zero attached hydrogens (tertiary/aromatic N) is 1. The Kier molecular flexibility index (Phi) is 7.08. The Bertz CT molecular complexity index is 829. The van der Waals surface area contributed by atoms with Crippen LogP contribution < -0.4 is 9.47 Å². The second-order valence-corrected chi connectivity index (χ2v) is 8.59. The fraction of sp³-hybridized carbons (Fsp3) is 0.609. The van der Waals surface area contributed by atoms with Crippen LogP contribution in [0.5, 0.6) is 11.5 Å². The molecule has 0 radical (unpaired) electrons. The number of ketones is 1. The van der Waals surface area contributed by atoms with Gasteiger partial charge in [-0.15, -0.1) is 0 Å². The number of amides is 1. The molecule has 3 rings (SSSR count). The van der Waals surface area contributed by atoms with Gasteiger partial charge in [-0.1, -0.05) is 20.3 Å². The predicted molar refractivity (Wildman–Crippen MR) is 112 cm³/mol. The summed E-state index contributed by atoms with van der Waals surface area (Å²) in [6.45, 7) is 5.31. The van der Waals surface area contributed by atoms with Crippen LogP contribution >= 0.6 is 0 Å². The van der Waals surface area contributed by atoms with Crippen molar-refractivity contribution in [1.82, 2.24) is 4.90 Å². The standard InChI is InChI=1S/C23H31NO7/c1-15(2)21(26)31-23(10-6-5-7-11-23)13-28-22(27)24(4)16(3)20(25)17-8-9-18-19(12-17)30-14-29-18/h8-9,12,15-16H,5-7,10-11,13-14H2,1-4H3. The molecule has 8 nitrogen and oxygen atoms in total. The number of benzene rings is 1. The number of hydrogen-bond acceptors (Lipinski definition) is 7. The van der Waals surface area contributed by atoms with Crippen molar-refractivity contribution in [3.63, 3.8) is 0 Å². The van der Waals surface area contributed by atoms with Crippen molar-refractivity contribution in [2.24, 2.45) is 5.92 Å². The molecule has 1 heterocycles. The van der Waals surface area contributed by atoms with Gasteiger partial charge in [-0.05, 0) is 50.8 Å². The molecule has 1 aliphatic carbocycles. The molecule has 1 aliphatic heterocycles. The number of carbonyl (C=O) groups excluding carboxylic acids is 3. The van der Waals surface area contributed by atoms with Gasteiger partial charge in [0.25, 0.3) is 0 Å². The first-order chi connectivity index (χ1) is 14.7. The van der Waals surface area contributed by atoms with E-state index in [9.17, 15) is 14.4 Å². The van der Waals surface area contributed by atoms with Crippen LogP contribution in [0.15, 0.2) is 18.2 Å². The molecule has 0 saturated heterocycles. The van der Waals surface area contributed by atoms with E-state index in [1.54, 1.807) is 39.0 Å². The average Bonchev–Trinajstić information content (AvgIpc) is 3.24. The number of likely N-dealkylation sites (N-methyl/N-ethyl adjacent to an activating group) is 1. The van der Waals surface area contributed by atoms with Crippen molar-refractivity contribution >= 4 is 17.8 Å². The fourth-order valence-electron chi connectivity index (χ4n) is 3.72. The van der Waals surface area contributed by atoms with Crippen LogP contribution in [0, 0.1) is 5.92 Å². The second kappa shape index (κ2) is 9.58. The summed E-state index contributed by atoms with van der Waals surface area (Å²) in [5, 5.41) is 0. The van der Waals surface area contributed by atoms with Crippen molar-refractivity contribution in [2.45, 2.75) is 64.5 Å². The summed E-state index contributed by atoms with van der Waals surface area (Å²) >= 11 is 0. The lowest BCUT2D eigenvalue weighted by molar-refractivity contribution is -0.173. The zero-order chi connectivity index (χ0) is 22.6.